The predicted molar refractivity (Wildman–Crippen MR) is 102 cm³/mol. The van der Waals surface area contributed by atoms with Crippen LogP contribution < -0.4 is 5.32 Å². The Morgan fingerprint density at radius 2 is 1.79 bits per heavy atom. The highest BCUT2D eigenvalue weighted by Crippen LogP contribution is 2.30. The Kier molecular flexibility index (Phi) is 5.74. The average molecular weight is 422 g/mol. The molecule has 29 heavy (non-hydrogen) atoms. The zero-order chi connectivity index (χ0) is 21.2. The van der Waals surface area contributed by atoms with Crippen LogP contribution in [-0.2, 0) is 17.5 Å². The molecule has 0 fully saturated rings. The van der Waals surface area contributed by atoms with E-state index in [0.717, 1.165) is 6.07 Å². The Hall–Kier alpha value is -3.13. The van der Waals surface area contributed by atoms with Gasteiger partial charge in [0.1, 0.15) is 12.2 Å². The first-order valence-electron chi connectivity index (χ1n) is 8.46. The number of alkyl halides is 3. The van der Waals surface area contributed by atoms with E-state index in [9.17, 15) is 22.8 Å². The van der Waals surface area contributed by atoms with E-state index in [1.807, 2.05) is 0 Å². The number of carbonyl (C=O) groups excluding carboxylic acids is 2. The number of carbonyl (C=O) groups is 2. The van der Waals surface area contributed by atoms with Crippen LogP contribution >= 0.6 is 11.6 Å². The molecule has 3 aromatic rings. The van der Waals surface area contributed by atoms with E-state index in [2.05, 4.69) is 10.4 Å². The molecule has 1 amide bonds. The quantitative estimate of drug-likeness (QED) is 0.605. The fourth-order valence-electron chi connectivity index (χ4n) is 2.78. The highest BCUT2D eigenvalue weighted by atomic mass is 35.5. The van der Waals surface area contributed by atoms with E-state index < -0.39 is 24.3 Å². The lowest BCUT2D eigenvalue weighted by atomic mass is 10.0. The van der Waals surface area contributed by atoms with E-state index in [0.29, 0.717) is 10.2 Å². The van der Waals surface area contributed by atoms with Crippen molar-refractivity contribution in [2.45, 2.75) is 19.6 Å². The summed E-state index contributed by atoms with van der Waals surface area (Å²) in [6, 6.07) is 13.5. The van der Waals surface area contributed by atoms with Gasteiger partial charge in [0.05, 0.1) is 11.4 Å². The van der Waals surface area contributed by atoms with Crippen LogP contribution in [0.4, 0.5) is 18.9 Å². The van der Waals surface area contributed by atoms with Crippen molar-refractivity contribution in [2.75, 3.05) is 5.32 Å². The lowest BCUT2D eigenvalue weighted by Crippen LogP contribution is -2.24. The molecular weight excluding hydrogens is 407 g/mol. The maximum absolute atomic E-state index is 13.1. The van der Waals surface area contributed by atoms with E-state index in [-0.39, 0.29) is 27.8 Å². The highest BCUT2D eigenvalue weighted by molar-refractivity contribution is 6.31. The maximum atomic E-state index is 13.1. The maximum Gasteiger partial charge on any atom is 0.433 e. The number of nitrogens with one attached hydrogen (secondary N) is 1. The van der Waals surface area contributed by atoms with E-state index in [1.54, 1.807) is 30.3 Å². The standard InChI is InChI=1S/C20H15ClF3N3O2/c1-12-9-17(20(22,23)24)27(26-12)11-18(28)25-16-8-7-14(21)10-15(16)19(29)13-5-3-2-4-6-13/h2-10H,11H2,1H3,(H,25,28). The molecule has 9 heteroatoms. The molecule has 3 rings (SSSR count). The molecule has 150 valence electrons. The number of nitrogens with zero attached hydrogens (tertiary/aromatic N) is 2. The minimum absolute atomic E-state index is 0.129. The van der Waals surface area contributed by atoms with Gasteiger partial charge in [0, 0.05) is 16.1 Å². The molecule has 0 unspecified atom stereocenters. The van der Waals surface area contributed by atoms with Gasteiger partial charge in [-0.15, -0.1) is 0 Å². The first kappa shape index (κ1) is 20.6. The van der Waals surface area contributed by atoms with Gasteiger partial charge in [-0.05, 0) is 31.2 Å². The highest BCUT2D eigenvalue weighted by Gasteiger charge is 2.35. The van der Waals surface area contributed by atoms with Crippen LogP contribution in [0.3, 0.4) is 0 Å². The van der Waals surface area contributed by atoms with Crippen LogP contribution in [0.25, 0.3) is 0 Å². The fraction of sp³-hybridized carbons (Fsp3) is 0.150. The molecule has 1 heterocycles. The summed E-state index contributed by atoms with van der Waals surface area (Å²) >= 11 is 5.98. The molecule has 0 aliphatic rings. The van der Waals surface area contributed by atoms with Gasteiger partial charge in [0.2, 0.25) is 5.91 Å². The lowest BCUT2D eigenvalue weighted by molar-refractivity contribution is -0.144. The van der Waals surface area contributed by atoms with E-state index >= 15 is 0 Å². The van der Waals surface area contributed by atoms with Gasteiger partial charge in [0.25, 0.3) is 0 Å². The number of benzene rings is 2. The number of hydrogen-bond donors (Lipinski definition) is 1. The van der Waals surface area contributed by atoms with Crippen LogP contribution in [0.5, 0.6) is 0 Å². The molecule has 0 aliphatic heterocycles. The third-order valence-corrected chi connectivity index (χ3v) is 4.26. The summed E-state index contributed by atoms with van der Waals surface area (Å²) in [6.07, 6.45) is -4.64. The monoisotopic (exact) mass is 421 g/mol. The topological polar surface area (TPSA) is 64.0 Å². The van der Waals surface area contributed by atoms with Crippen molar-refractivity contribution >= 4 is 29.0 Å². The molecule has 0 saturated heterocycles. The fourth-order valence-corrected chi connectivity index (χ4v) is 2.95. The van der Waals surface area contributed by atoms with Crippen molar-refractivity contribution < 1.29 is 22.8 Å². The second kappa shape index (κ2) is 8.08. The van der Waals surface area contributed by atoms with Crippen molar-refractivity contribution in [1.29, 1.82) is 0 Å². The first-order chi connectivity index (χ1) is 13.6. The van der Waals surface area contributed by atoms with Gasteiger partial charge < -0.3 is 5.32 Å². The molecule has 0 spiro atoms. The Balaban J connectivity index is 1.86. The molecule has 0 atom stereocenters. The number of aryl methyl sites for hydroxylation is 1. The van der Waals surface area contributed by atoms with Gasteiger partial charge in [-0.25, -0.2) is 0 Å². The summed E-state index contributed by atoms with van der Waals surface area (Å²) in [5, 5.41) is 6.49. The van der Waals surface area contributed by atoms with Gasteiger partial charge in [-0.1, -0.05) is 41.9 Å². The molecule has 0 aliphatic carbocycles. The summed E-state index contributed by atoms with van der Waals surface area (Å²) < 4.78 is 39.9. The summed E-state index contributed by atoms with van der Waals surface area (Å²) in [5.41, 5.74) is -0.235. The van der Waals surface area contributed by atoms with Gasteiger partial charge in [-0.3, -0.25) is 14.3 Å². The number of hydrogen-bond acceptors (Lipinski definition) is 3. The second-order valence-electron chi connectivity index (χ2n) is 6.26. The molecule has 1 N–H and O–H groups in total. The summed E-state index contributed by atoms with van der Waals surface area (Å²) in [7, 11) is 0. The molecule has 2 aromatic carbocycles. The van der Waals surface area contributed by atoms with E-state index in [4.69, 9.17) is 11.6 Å². The molecule has 5 nitrogen and oxygen atoms in total. The summed E-state index contributed by atoms with van der Waals surface area (Å²) in [6.45, 7) is 0.740. The number of halogens is 4. The third-order valence-electron chi connectivity index (χ3n) is 4.02. The van der Waals surface area contributed by atoms with E-state index in [1.165, 1.54) is 25.1 Å². The Morgan fingerprint density at radius 1 is 1.10 bits per heavy atom. The zero-order valence-electron chi connectivity index (χ0n) is 15.1. The molecule has 0 radical (unpaired) electrons. The van der Waals surface area contributed by atoms with Crippen LogP contribution in [0.1, 0.15) is 27.3 Å². The van der Waals surface area contributed by atoms with Gasteiger partial charge in [-0.2, -0.15) is 18.3 Å². The molecule has 1 aromatic heterocycles. The van der Waals surface area contributed by atoms with Crippen molar-refractivity contribution in [3.8, 4) is 0 Å². The Bertz CT molecular complexity index is 1060. The SMILES string of the molecule is Cc1cc(C(F)(F)F)n(CC(=O)Nc2ccc(Cl)cc2C(=O)c2ccccc2)n1. The summed E-state index contributed by atoms with van der Waals surface area (Å²) in [4.78, 5) is 25.2. The van der Waals surface area contributed by atoms with Crippen LogP contribution in [-0.4, -0.2) is 21.5 Å². The summed E-state index contributed by atoms with van der Waals surface area (Å²) in [5.74, 6) is -1.14. The average Bonchev–Trinajstić information content (AvgIpc) is 3.03. The number of ketones is 1. The minimum atomic E-state index is -4.64. The minimum Gasteiger partial charge on any atom is -0.324 e. The Labute approximate surface area is 169 Å². The van der Waals surface area contributed by atoms with Crippen molar-refractivity contribution in [3.63, 3.8) is 0 Å². The predicted octanol–water partition coefficient (Wildman–Crippen LogP) is 4.73. The number of anilines is 1. The number of rotatable bonds is 5. The van der Waals surface area contributed by atoms with Crippen molar-refractivity contribution in [1.82, 2.24) is 9.78 Å². The normalized spacial score (nSPS) is 11.3. The van der Waals surface area contributed by atoms with Crippen LogP contribution in [0, 0.1) is 6.92 Å². The van der Waals surface area contributed by atoms with Gasteiger partial charge in [0.15, 0.2) is 5.78 Å². The first-order valence-corrected chi connectivity index (χ1v) is 8.84. The lowest BCUT2D eigenvalue weighted by Gasteiger charge is -2.13. The van der Waals surface area contributed by atoms with Crippen molar-refractivity contribution in [3.05, 3.63) is 82.1 Å². The van der Waals surface area contributed by atoms with Crippen LogP contribution in [0.2, 0.25) is 5.02 Å². The number of amides is 1. The number of aromatic nitrogens is 2. The third kappa shape index (κ3) is 4.83. The Morgan fingerprint density at radius 3 is 2.45 bits per heavy atom. The molecule has 0 bridgehead atoms. The van der Waals surface area contributed by atoms with Crippen molar-refractivity contribution in [2.24, 2.45) is 0 Å². The zero-order valence-corrected chi connectivity index (χ0v) is 15.9. The largest absolute Gasteiger partial charge is 0.433 e. The second-order valence-corrected chi connectivity index (χ2v) is 6.70. The van der Waals surface area contributed by atoms with Gasteiger partial charge >= 0.3 is 6.18 Å². The van der Waals surface area contributed by atoms with Crippen LogP contribution in [0.15, 0.2) is 54.6 Å². The molecule has 0 saturated carbocycles. The molecular formula is C20H15ClF3N3O2. The smallest absolute Gasteiger partial charge is 0.324 e.